The van der Waals surface area contributed by atoms with Crippen molar-refractivity contribution >= 4 is 23.1 Å². The van der Waals surface area contributed by atoms with Crippen LogP contribution < -0.4 is 10.0 Å². The Bertz CT molecular complexity index is 514. The minimum Gasteiger partial charge on any atom is -0.598 e. The van der Waals surface area contributed by atoms with Crippen molar-refractivity contribution < 1.29 is 14.5 Å². The van der Waals surface area contributed by atoms with Crippen molar-refractivity contribution in [2.24, 2.45) is 5.92 Å². The number of rotatable bonds is 5. The Morgan fingerprint density at radius 3 is 2.71 bits per heavy atom. The topological polar surface area (TPSA) is 97.3 Å². The fourth-order valence-corrected chi connectivity index (χ4v) is 2.93. The quantitative estimate of drug-likeness (QED) is 0.726. The van der Waals surface area contributed by atoms with Crippen LogP contribution in [-0.2, 0) is 11.4 Å². The summed E-state index contributed by atoms with van der Waals surface area (Å²) in [6.45, 7) is 5.72. The molecule has 1 saturated carbocycles. The van der Waals surface area contributed by atoms with Gasteiger partial charge < -0.3 is 9.66 Å². The van der Waals surface area contributed by atoms with Gasteiger partial charge >= 0.3 is 6.09 Å². The zero-order valence-electron chi connectivity index (χ0n) is 12.4. The van der Waals surface area contributed by atoms with Crippen LogP contribution in [-0.4, -0.2) is 25.5 Å². The van der Waals surface area contributed by atoms with Crippen LogP contribution in [0.5, 0.6) is 0 Å². The van der Waals surface area contributed by atoms with Crippen molar-refractivity contribution in [1.82, 2.24) is 9.71 Å². The Labute approximate surface area is 127 Å². The molecule has 2 rings (SSSR count). The summed E-state index contributed by atoms with van der Waals surface area (Å²) in [6, 6.07) is 1.65. The minimum absolute atomic E-state index is 0.130. The summed E-state index contributed by atoms with van der Waals surface area (Å²) in [6.07, 6.45) is 4.08. The number of anilines is 1. The van der Waals surface area contributed by atoms with Gasteiger partial charge in [0.1, 0.15) is 4.75 Å². The maximum atomic E-state index is 12.4. The summed E-state index contributed by atoms with van der Waals surface area (Å²) in [5.74, 6) is 0.382. The Hall–Kier alpha value is -1.31. The minimum atomic E-state index is -1.22. The largest absolute Gasteiger partial charge is 0.598 e. The standard InChI is InChI=1S/C14H21N3O3S/c1-14(2,3)21(20)17-12(9-4-5-9)10-6-7-15-8-11(10)16-13(18)19/h6-9,12,16-17H,4-5H2,1-3H3,(H,18,19). The van der Waals surface area contributed by atoms with Gasteiger partial charge in [0.15, 0.2) is 0 Å². The molecule has 0 spiro atoms. The molecule has 0 radical (unpaired) electrons. The third kappa shape index (κ3) is 4.33. The second-order valence-corrected chi connectivity index (χ2v) is 8.21. The van der Waals surface area contributed by atoms with Gasteiger partial charge in [0.2, 0.25) is 0 Å². The number of carboxylic acid groups (broad SMARTS) is 1. The molecule has 1 aliphatic rings. The molecule has 6 nitrogen and oxygen atoms in total. The van der Waals surface area contributed by atoms with E-state index < -0.39 is 17.5 Å². The molecule has 2 unspecified atom stereocenters. The van der Waals surface area contributed by atoms with E-state index in [-0.39, 0.29) is 10.8 Å². The molecular weight excluding hydrogens is 290 g/mol. The second-order valence-electron chi connectivity index (χ2n) is 6.21. The van der Waals surface area contributed by atoms with Crippen LogP contribution in [0.1, 0.15) is 45.2 Å². The lowest BCUT2D eigenvalue weighted by atomic mass is 10.0. The molecule has 0 aromatic carbocycles. The van der Waals surface area contributed by atoms with Gasteiger partial charge in [-0.15, -0.1) is 4.72 Å². The lowest BCUT2D eigenvalue weighted by molar-refractivity contribution is 0.209. The number of carbonyl (C=O) groups is 1. The predicted octanol–water partition coefficient (Wildman–Crippen LogP) is 2.67. The molecule has 116 valence electrons. The third-order valence-corrected chi connectivity index (χ3v) is 4.90. The number of aromatic nitrogens is 1. The molecule has 1 aromatic heterocycles. The molecule has 0 saturated heterocycles. The summed E-state index contributed by atoms with van der Waals surface area (Å²) in [7, 11) is 0. The Morgan fingerprint density at radius 2 is 2.19 bits per heavy atom. The summed E-state index contributed by atoms with van der Waals surface area (Å²) >= 11 is -1.22. The Balaban J connectivity index is 2.24. The highest BCUT2D eigenvalue weighted by molar-refractivity contribution is 7.90. The number of pyridine rings is 1. The van der Waals surface area contributed by atoms with Crippen molar-refractivity contribution in [3.63, 3.8) is 0 Å². The van der Waals surface area contributed by atoms with E-state index in [1.54, 1.807) is 12.3 Å². The molecule has 3 N–H and O–H groups in total. The molecule has 1 fully saturated rings. The van der Waals surface area contributed by atoms with Crippen LogP contribution in [0.15, 0.2) is 18.5 Å². The number of nitrogens with one attached hydrogen (secondary N) is 2. The zero-order chi connectivity index (χ0) is 15.6. The normalized spacial score (nSPS) is 18.1. The van der Waals surface area contributed by atoms with Gasteiger partial charge in [-0.05, 0) is 45.6 Å². The Kier molecular flexibility index (Phi) is 4.75. The fraction of sp³-hybridized carbons (Fsp3) is 0.571. The van der Waals surface area contributed by atoms with E-state index in [0.29, 0.717) is 11.6 Å². The molecule has 0 bridgehead atoms. The molecular formula is C14H21N3O3S. The smallest absolute Gasteiger partial charge is 0.409 e. The van der Waals surface area contributed by atoms with Crippen molar-refractivity contribution in [2.45, 2.75) is 44.4 Å². The van der Waals surface area contributed by atoms with E-state index in [4.69, 9.17) is 5.11 Å². The number of hydrogen-bond donors (Lipinski definition) is 3. The summed E-state index contributed by atoms with van der Waals surface area (Å²) in [5, 5.41) is 11.3. The second kappa shape index (κ2) is 6.21. The fourth-order valence-electron chi connectivity index (χ4n) is 2.03. The summed E-state index contributed by atoms with van der Waals surface area (Å²) < 4.78 is 15.1. The van der Waals surface area contributed by atoms with Crippen LogP contribution in [0.3, 0.4) is 0 Å². The maximum absolute atomic E-state index is 12.4. The molecule has 2 atom stereocenters. The summed E-state index contributed by atoms with van der Waals surface area (Å²) in [4.78, 5) is 14.9. The molecule has 1 amide bonds. The highest BCUT2D eigenvalue weighted by Crippen LogP contribution is 2.43. The van der Waals surface area contributed by atoms with E-state index in [0.717, 1.165) is 18.4 Å². The number of hydrogen-bond acceptors (Lipinski definition) is 4. The first-order chi connectivity index (χ1) is 9.79. The third-order valence-electron chi connectivity index (χ3n) is 3.32. The van der Waals surface area contributed by atoms with E-state index in [1.807, 2.05) is 20.8 Å². The molecule has 1 aliphatic carbocycles. The van der Waals surface area contributed by atoms with Crippen LogP contribution in [0, 0.1) is 5.92 Å². The molecule has 21 heavy (non-hydrogen) atoms. The number of amides is 1. The molecule has 0 aliphatic heterocycles. The molecule has 1 aromatic rings. The van der Waals surface area contributed by atoms with Gasteiger partial charge in [-0.3, -0.25) is 10.3 Å². The molecule has 7 heteroatoms. The van der Waals surface area contributed by atoms with E-state index >= 15 is 0 Å². The van der Waals surface area contributed by atoms with Gasteiger partial charge in [0.05, 0.1) is 17.9 Å². The van der Waals surface area contributed by atoms with E-state index in [2.05, 4.69) is 15.0 Å². The average Bonchev–Trinajstić information content (AvgIpc) is 3.19. The predicted molar refractivity (Wildman–Crippen MR) is 82.4 cm³/mol. The van der Waals surface area contributed by atoms with Gasteiger partial charge in [-0.1, -0.05) is 0 Å². The van der Waals surface area contributed by atoms with Gasteiger partial charge in [-0.25, -0.2) is 4.79 Å². The van der Waals surface area contributed by atoms with Crippen LogP contribution in [0.2, 0.25) is 0 Å². The SMILES string of the molecule is CC(C)(C)[S+]([O-])NC(c1ccncc1NC(=O)O)C1CC1. The Morgan fingerprint density at radius 1 is 1.52 bits per heavy atom. The van der Waals surface area contributed by atoms with Crippen molar-refractivity contribution in [1.29, 1.82) is 0 Å². The first-order valence-electron chi connectivity index (χ1n) is 6.91. The zero-order valence-corrected chi connectivity index (χ0v) is 13.2. The van der Waals surface area contributed by atoms with Gasteiger partial charge in [0.25, 0.3) is 0 Å². The van der Waals surface area contributed by atoms with Crippen molar-refractivity contribution in [2.75, 3.05) is 5.32 Å². The van der Waals surface area contributed by atoms with E-state index in [9.17, 15) is 9.35 Å². The van der Waals surface area contributed by atoms with Gasteiger partial charge in [-0.2, -0.15) is 0 Å². The van der Waals surface area contributed by atoms with Crippen LogP contribution in [0.4, 0.5) is 10.5 Å². The van der Waals surface area contributed by atoms with Crippen molar-refractivity contribution in [3.05, 3.63) is 24.0 Å². The van der Waals surface area contributed by atoms with Crippen LogP contribution in [0.25, 0.3) is 0 Å². The first kappa shape index (κ1) is 16.1. The van der Waals surface area contributed by atoms with Gasteiger partial charge in [0, 0.05) is 23.1 Å². The first-order valence-corrected chi connectivity index (χ1v) is 8.06. The van der Waals surface area contributed by atoms with Crippen LogP contribution >= 0.6 is 0 Å². The monoisotopic (exact) mass is 311 g/mol. The lowest BCUT2D eigenvalue weighted by Crippen LogP contribution is -2.42. The lowest BCUT2D eigenvalue weighted by Gasteiger charge is -2.28. The van der Waals surface area contributed by atoms with Crippen molar-refractivity contribution in [3.8, 4) is 0 Å². The highest BCUT2D eigenvalue weighted by atomic mass is 32.2. The van der Waals surface area contributed by atoms with E-state index in [1.165, 1.54) is 6.20 Å². The highest BCUT2D eigenvalue weighted by Gasteiger charge is 2.39. The number of nitrogens with zero attached hydrogens (tertiary/aromatic N) is 1. The summed E-state index contributed by atoms with van der Waals surface area (Å²) in [5.41, 5.74) is 1.24. The maximum Gasteiger partial charge on any atom is 0.409 e. The molecule has 1 heterocycles. The average molecular weight is 311 g/mol.